The largest absolute Gasteiger partial charge is 0.497 e. The van der Waals surface area contributed by atoms with Crippen LogP contribution in [0.4, 0.5) is 0 Å². The van der Waals surface area contributed by atoms with Crippen molar-refractivity contribution >= 4 is 23.1 Å². The highest BCUT2D eigenvalue weighted by Gasteiger charge is 2.02. The molecule has 22 heavy (non-hydrogen) atoms. The second-order valence-corrected chi connectivity index (χ2v) is 4.87. The van der Waals surface area contributed by atoms with Crippen molar-refractivity contribution in [3.05, 3.63) is 65.9 Å². The highest BCUT2D eigenvalue weighted by atomic mass is 16.5. The van der Waals surface area contributed by atoms with Gasteiger partial charge in [-0.05, 0) is 42.5 Å². The maximum Gasteiger partial charge on any atom is 0.126 e. The van der Waals surface area contributed by atoms with Gasteiger partial charge in [0.15, 0.2) is 0 Å². The van der Waals surface area contributed by atoms with Crippen molar-refractivity contribution in [3.63, 3.8) is 0 Å². The summed E-state index contributed by atoms with van der Waals surface area (Å²) in [6.45, 7) is 0. The molecule has 110 valence electrons. The molecule has 0 spiro atoms. The summed E-state index contributed by atoms with van der Waals surface area (Å²) >= 11 is 0. The molecule has 0 N–H and O–H groups in total. The molecule has 0 saturated carbocycles. The first-order chi connectivity index (χ1) is 10.8. The average Bonchev–Trinajstić information content (AvgIpc) is 2.59. The van der Waals surface area contributed by atoms with Crippen molar-refractivity contribution in [2.45, 2.75) is 0 Å². The number of aromatic nitrogens is 1. The van der Waals surface area contributed by atoms with E-state index in [-0.39, 0.29) is 0 Å². The predicted octanol–water partition coefficient (Wildman–Crippen LogP) is 4.42. The van der Waals surface area contributed by atoms with E-state index in [1.165, 1.54) is 0 Å². The number of ether oxygens (including phenoxy) is 2. The van der Waals surface area contributed by atoms with E-state index in [4.69, 9.17) is 9.47 Å². The summed E-state index contributed by atoms with van der Waals surface area (Å²) in [7, 11) is 3.31. The molecule has 0 saturated heterocycles. The van der Waals surface area contributed by atoms with Crippen LogP contribution in [0.3, 0.4) is 0 Å². The summed E-state index contributed by atoms with van der Waals surface area (Å²) in [5.41, 5.74) is 2.85. The Morgan fingerprint density at radius 1 is 0.864 bits per heavy atom. The zero-order valence-electron chi connectivity index (χ0n) is 12.6. The van der Waals surface area contributed by atoms with Crippen LogP contribution in [0.25, 0.3) is 23.1 Å². The van der Waals surface area contributed by atoms with Gasteiger partial charge in [-0.25, -0.2) is 4.98 Å². The van der Waals surface area contributed by atoms with Gasteiger partial charge in [-0.15, -0.1) is 0 Å². The maximum atomic E-state index is 5.38. The summed E-state index contributed by atoms with van der Waals surface area (Å²) < 4.78 is 10.6. The van der Waals surface area contributed by atoms with Crippen LogP contribution >= 0.6 is 0 Å². The van der Waals surface area contributed by atoms with Gasteiger partial charge in [-0.1, -0.05) is 24.3 Å². The lowest BCUT2D eigenvalue weighted by Gasteiger charge is -2.07. The van der Waals surface area contributed by atoms with Gasteiger partial charge in [0.05, 0.1) is 25.4 Å². The van der Waals surface area contributed by atoms with Gasteiger partial charge in [0.1, 0.15) is 11.5 Å². The Balaban J connectivity index is 1.95. The third-order valence-corrected chi connectivity index (χ3v) is 3.49. The molecule has 0 fully saturated rings. The molecular weight excluding hydrogens is 274 g/mol. The average molecular weight is 291 g/mol. The first-order valence-corrected chi connectivity index (χ1v) is 7.06. The molecule has 0 amide bonds. The Hall–Kier alpha value is -2.81. The van der Waals surface area contributed by atoms with E-state index in [2.05, 4.69) is 17.1 Å². The fraction of sp³-hybridized carbons (Fsp3) is 0.105. The Morgan fingerprint density at radius 2 is 1.73 bits per heavy atom. The summed E-state index contributed by atoms with van der Waals surface area (Å²) in [5, 5.41) is 1.14. The third kappa shape index (κ3) is 2.93. The lowest BCUT2D eigenvalue weighted by Crippen LogP contribution is -1.89. The van der Waals surface area contributed by atoms with Crippen LogP contribution in [0.5, 0.6) is 11.5 Å². The molecule has 0 aliphatic rings. The maximum absolute atomic E-state index is 5.38. The van der Waals surface area contributed by atoms with Crippen LogP contribution in [0.2, 0.25) is 0 Å². The standard InChI is InChI=1S/C19H17NO2/c1-21-17-11-12-19(22-2)15(13-17)8-10-16-9-7-14-5-3-4-6-18(14)20-16/h3-13H,1-2H3. The predicted molar refractivity (Wildman–Crippen MR) is 90.2 cm³/mol. The molecule has 3 heteroatoms. The Kier molecular flexibility index (Phi) is 4.05. The van der Waals surface area contributed by atoms with E-state index in [1.807, 2.05) is 54.6 Å². The lowest BCUT2D eigenvalue weighted by atomic mass is 10.1. The highest BCUT2D eigenvalue weighted by Crippen LogP contribution is 2.25. The summed E-state index contributed by atoms with van der Waals surface area (Å²) in [6, 6.07) is 17.9. The molecule has 3 nitrogen and oxygen atoms in total. The van der Waals surface area contributed by atoms with E-state index in [0.29, 0.717) is 0 Å². The smallest absolute Gasteiger partial charge is 0.126 e. The first kappa shape index (κ1) is 14.1. The molecule has 0 aliphatic heterocycles. The second kappa shape index (κ2) is 6.31. The van der Waals surface area contributed by atoms with Gasteiger partial charge >= 0.3 is 0 Å². The van der Waals surface area contributed by atoms with E-state index in [1.54, 1.807) is 14.2 Å². The van der Waals surface area contributed by atoms with Crippen molar-refractivity contribution in [2.24, 2.45) is 0 Å². The first-order valence-electron chi connectivity index (χ1n) is 7.06. The zero-order valence-corrected chi connectivity index (χ0v) is 12.6. The molecule has 2 aromatic carbocycles. The molecule has 0 atom stereocenters. The summed E-state index contributed by atoms with van der Waals surface area (Å²) in [6.07, 6.45) is 3.96. The minimum absolute atomic E-state index is 0.798. The number of methoxy groups -OCH3 is 2. The van der Waals surface area contributed by atoms with Gasteiger partial charge in [0.25, 0.3) is 0 Å². The van der Waals surface area contributed by atoms with Crippen LogP contribution < -0.4 is 9.47 Å². The highest BCUT2D eigenvalue weighted by molar-refractivity contribution is 5.81. The number of para-hydroxylation sites is 1. The second-order valence-electron chi connectivity index (χ2n) is 4.87. The number of fused-ring (bicyclic) bond motifs is 1. The monoisotopic (exact) mass is 291 g/mol. The van der Waals surface area contributed by atoms with Gasteiger partial charge in [-0.3, -0.25) is 0 Å². The molecule has 0 radical (unpaired) electrons. The number of hydrogen-bond acceptors (Lipinski definition) is 3. The normalized spacial score (nSPS) is 11.0. The molecular formula is C19H17NO2. The molecule has 0 unspecified atom stereocenters. The van der Waals surface area contributed by atoms with Gasteiger partial charge in [0.2, 0.25) is 0 Å². The van der Waals surface area contributed by atoms with Crippen molar-refractivity contribution < 1.29 is 9.47 Å². The molecule has 0 aliphatic carbocycles. The Morgan fingerprint density at radius 3 is 2.55 bits per heavy atom. The number of rotatable bonds is 4. The topological polar surface area (TPSA) is 31.4 Å². The zero-order chi connectivity index (χ0) is 15.4. The van der Waals surface area contributed by atoms with Crippen LogP contribution in [0, 0.1) is 0 Å². The quantitative estimate of drug-likeness (QED) is 0.713. The summed E-state index contributed by atoms with van der Waals surface area (Å²) in [5.74, 6) is 1.60. The van der Waals surface area contributed by atoms with Crippen LogP contribution in [0.15, 0.2) is 54.6 Å². The van der Waals surface area contributed by atoms with Gasteiger partial charge in [0, 0.05) is 10.9 Å². The van der Waals surface area contributed by atoms with Crippen molar-refractivity contribution in [3.8, 4) is 11.5 Å². The molecule has 1 heterocycles. The van der Waals surface area contributed by atoms with Crippen molar-refractivity contribution in [1.29, 1.82) is 0 Å². The number of hydrogen-bond donors (Lipinski definition) is 0. The third-order valence-electron chi connectivity index (χ3n) is 3.49. The van der Waals surface area contributed by atoms with Gasteiger partial charge in [-0.2, -0.15) is 0 Å². The fourth-order valence-electron chi connectivity index (χ4n) is 2.32. The minimum atomic E-state index is 0.798. The van der Waals surface area contributed by atoms with Crippen molar-refractivity contribution in [2.75, 3.05) is 14.2 Å². The van der Waals surface area contributed by atoms with E-state index < -0.39 is 0 Å². The molecule has 3 aromatic rings. The molecule has 0 bridgehead atoms. The van der Waals surface area contributed by atoms with E-state index in [9.17, 15) is 0 Å². The fourth-order valence-corrected chi connectivity index (χ4v) is 2.32. The Labute approximate surface area is 129 Å². The van der Waals surface area contributed by atoms with Crippen molar-refractivity contribution in [1.82, 2.24) is 4.98 Å². The van der Waals surface area contributed by atoms with E-state index >= 15 is 0 Å². The number of nitrogens with zero attached hydrogens (tertiary/aromatic N) is 1. The van der Waals surface area contributed by atoms with E-state index in [0.717, 1.165) is 33.7 Å². The number of benzene rings is 2. The lowest BCUT2D eigenvalue weighted by molar-refractivity contribution is 0.402. The Bertz CT molecular complexity index is 825. The molecule has 3 rings (SSSR count). The summed E-state index contributed by atoms with van der Waals surface area (Å²) in [4.78, 5) is 4.63. The molecule has 1 aromatic heterocycles. The SMILES string of the molecule is COc1ccc(OC)c(C=Cc2ccc3ccccc3n2)c1. The minimum Gasteiger partial charge on any atom is -0.497 e. The van der Waals surface area contributed by atoms with Crippen LogP contribution in [0.1, 0.15) is 11.3 Å². The van der Waals surface area contributed by atoms with Gasteiger partial charge < -0.3 is 9.47 Å². The van der Waals surface area contributed by atoms with Crippen LogP contribution in [-0.4, -0.2) is 19.2 Å². The number of pyridine rings is 1. The van der Waals surface area contributed by atoms with Crippen LogP contribution in [-0.2, 0) is 0 Å².